The molecule has 17 heavy (non-hydrogen) atoms. The third kappa shape index (κ3) is 4.61. The SMILES string of the molecule is CCCC(CSC(=O)c1ccccc1)C(=O)[O-]. The van der Waals surface area contributed by atoms with Gasteiger partial charge in [0.25, 0.3) is 0 Å². The number of benzene rings is 1. The Morgan fingerprint density at radius 3 is 2.47 bits per heavy atom. The zero-order chi connectivity index (χ0) is 12.7. The summed E-state index contributed by atoms with van der Waals surface area (Å²) in [6, 6.07) is 8.86. The van der Waals surface area contributed by atoms with Crippen molar-refractivity contribution in [1.82, 2.24) is 0 Å². The van der Waals surface area contributed by atoms with E-state index in [2.05, 4.69) is 0 Å². The number of rotatable bonds is 6. The standard InChI is InChI=1S/C13H16O3S/c1-2-6-11(12(14)15)9-17-13(16)10-7-4-3-5-8-10/h3-5,7-8,11H,2,6,9H2,1H3,(H,14,15)/p-1. The van der Waals surface area contributed by atoms with Crippen LogP contribution in [0.3, 0.4) is 0 Å². The van der Waals surface area contributed by atoms with Gasteiger partial charge in [-0.1, -0.05) is 55.4 Å². The molecule has 0 amide bonds. The Morgan fingerprint density at radius 2 is 1.94 bits per heavy atom. The van der Waals surface area contributed by atoms with Crippen LogP contribution in [0.4, 0.5) is 0 Å². The summed E-state index contributed by atoms with van der Waals surface area (Å²) >= 11 is 1.05. The van der Waals surface area contributed by atoms with Crippen LogP contribution in [0.25, 0.3) is 0 Å². The number of hydrogen-bond donors (Lipinski definition) is 0. The summed E-state index contributed by atoms with van der Waals surface area (Å²) in [6.45, 7) is 1.92. The summed E-state index contributed by atoms with van der Waals surface area (Å²) < 4.78 is 0. The maximum Gasteiger partial charge on any atom is 0.219 e. The van der Waals surface area contributed by atoms with Crippen molar-refractivity contribution in [2.24, 2.45) is 5.92 Å². The first kappa shape index (κ1) is 13.8. The second kappa shape index (κ2) is 7.12. The zero-order valence-electron chi connectivity index (χ0n) is 9.72. The fraction of sp³-hybridized carbons (Fsp3) is 0.385. The van der Waals surface area contributed by atoms with E-state index in [9.17, 15) is 14.7 Å². The van der Waals surface area contributed by atoms with Gasteiger partial charge in [0, 0.05) is 23.2 Å². The molecule has 0 saturated heterocycles. The maximum atomic E-state index is 11.7. The van der Waals surface area contributed by atoms with E-state index in [4.69, 9.17) is 0 Å². The molecular formula is C13H15O3S-. The molecule has 0 radical (unpaired) electrons. The van der Waals surface area contributed by atoms with Gasteiger partial charge in [-0.2, -0.15) is 0 Å². The molecule has 4 heteroatoms. The predicted molar refractivity (Wildman–Crippen MR) is 66.6 cm³/mol. The van der Waals surface area contributed by atoms with Crippen molar-refractivity contribution >= 4 is 22.8 Å². The third-order valence-electron chi connectivity index (χ3n) is 2.40. The molecule has 0 bridgehead atoms. The molecule has 1 unspecified atom stereocenters. The first-order valence-corrected chi connectivity index (χ1v) is 6.56. The molecule has 0 heterocycles. The van der Waals surface area contributed by atoms with Crippen LogP contribution in [0.5, 0.6) is 0 Å². The Hall–Kier alpha value is -1.29. The van der Waals surface area contributed by atoms with E-state index >= 15 is 0 Å². The van der Waals surface area contributed by atoms with E-state index in [0.29, 0.717) is 12.0 Å². The minimum atomic E-state index is -1.07. The van der Waals surface area contributed by atoms with Crippen LogP contribution in [0.1, 0.15) is 30.1 Å². The lowest BCUT2D eigenvalue weighted by molar-refractivity contribution is -0.310. The fourth-order valence-corrected chi connectivity index (χ4v) is 2.41. The number of aliphatic carboxylic acids is 1. The Labute approximate surface area is 105 Å². The van der Waals surface area contributed by atoms with Crippen LogP contribution >= 0.6 is 11.8 Å². The molecule has 92 valence electrons. The number of carbonyl (C=O) groups is 2. The first-order valence-electron chi connectivity index (χ1n) is 5.58. The number of hydrogen-bond acceptors (Lipinski definition) is 4. The number of carboxylic acids is 1. The summed E-state index contributed by atoms with van der Waals surface area (Å²) in [4.78, 5) is 22.5. The smallest absolute Gasteiger partial charge is 0.219 e. The summed E-state index contributed by atoms with van der Waals surface area (Å²) in [6.07, 6.45) is 1.33. The van der Waals surface area contributed by atoms with E-state index in [1.54, 1.807) is 24.3 Å². The van der Waals surface area contributed by atoms with Crippen LogP contribution in [-0.2, 0) is 4.79 Å². The Morgan fingerprint density at radius 1 is 1.29 bits per heavy atom. The van der Waals surface area contributed by atoms with Crippen molar-refractivity contribution in [3.63, 3.8) is 0 Å². The first-order chi connectivity index (χ1) is 8.15. The molecule has 0 fully saturated rings. The number of thioether (sulfide) groups is 1. The topological polar surface area (TPSA) is 57.2 Å². The van der Waals surface area contributed by atoms with Gasteiger partial charge in [0.05, 0.1) is 0 Å². The molecule has 0 aliphatic rings. The third-order valence-corrected chi connectivity index (χ3v) is 3.46. The molecule has 0 saturated carbocycles. The van der Waals surface area contributed by atoms with Gasteiger partial charge in [0.15, 0.2) is 0 Å². The molecular weight excluding hydrogens is 236 g/mol. The minimum absolute atomic E-state index is 0.0899. The van der Waals surface area contributed by atoms with Gasteiger partial charge in [-0.3, -0.25) is 4.79 Å². The van der Waals surface area contributed by atoms with Gasteiger partial charge in [-0.15, -0.1) is 0 Å². The van der Waals surface area contributed by atoms with Gasteiger partial charge in [-0.25, -0.2) is 0 Å². The molecule has 1 aromatic rings. The van der Waals surface area contributed by atoms with Gasteiger partial charge >= 0.3 is 0 Å². The van der Waals surface area contributed by atoms with E-state index in [0.717, 1.165) is 18.2 Å². The molecule has 0 N–H and O–H groups in total. The number of carboxylic acid groups (broad SMARTS) is 1. The van der Waals surface area contributed by atoms with Crippen molar-refractivity contribution in [3.8, 4) is 0 Å². The molecule has 3 nitrogen and oxygen atoms in total. The molecule has 1 atom stereocenters. The maximum absolute atomic E-state index is 11.7. The van der Waals surface area contributed by atoms with Crippen LogP contribution in [0, 0.1) is 5.92 Å². The van der Waals surface area contributed by atoms with Crippen molar-refractivity contribution in [3.05, 3.63) is 35.9 Å². The van der Waals surface area contributed by atoms with Crippen LogP contribution in [0.2, 0.25) is 0 Å². The molecule has 1 aromatic carbocycles. The molecule has 1 rings (SSSR count). The number of carbonyl (C=O) groups excluding carboxylic acids is 2. The molecule has 0 aromatic heterocycles. The highest BCUT2D eigenvalue weighted by molar-refractivity contribution is 8.14. The minimum Gasteiger partial charge on any atom is -0.550 e. The quantitative estimate of drug-likeness (QED) is 0.772. The van der Waals surface area contributed by atoms with Gasteiger partial charge < -0.3 is 9.90 Å². The van der Waals surface area contributed by atoms with Crippen LogP contribution in [0.15, 0.2) is 30.3 Å². The largest absolute Gasteiger partial charge is 0.550 e. The van der Waals surface area contributed by atoms with E-state index < -0.39 is 11.9 Å². The van der Waals surface area contributed by atoms with Crippen molar-refractivity contribution in [2.45, 2.75) is 19.8 Å². The van der Waals surface area contributed by atoms with Crippen molar-refractivity contribution < 1.29 is 14.7 Å². The van der Waals surface area contributed by atoms with E-state index in [-0.39, 0.29) is 10.9 Å². The fourth-order valence-electron chi connectivity index (χ4n) is 1.45. The Kier molecular flexibility index (Phi) is 5.77. The van der Waals surface area contributed by atoms with Crippen molar-refractivity contribution in [2.75, 3.05) is 5.75 Å². The highest BCUT2D eigenvalue weighted by Crippen LogP contribution is 2.18. The lowest BCUT2D eigenvalue weighted by Crippen LogP contribution is -2.32. The van der Waals surface area contributed by atoms with Crippen LogP contribution in [-0.4, -0.2) is 16.8 Å². The lowest BCUT2D eigenvalue weighted by Gasteiger charge is -2.15. The van der Waals surface area contributed by atoms with E-state index in [1.165, 1.54) is 0 Å². The Bertz CT molecular complexity index is 376. The lowest BCUT2D eigenvalue weighted by atomic mass is 10.1. The summed E-state index contributed by atoms with van der Waals surface area (Å²) in [5.74, 6) is -1.33. The highest BCUT2D eigenvalue weighted by atomic mass is 32.2. The second-order valence-electron chi connectivity index (χ2n) is 3.77. The summed E-state index contributed by atoms with van der Waals surface area (Å²) in [5.41, 5.74) is 0.603. The van der Waals surface area contributed by atoms with Gasteiger partial charge in [0.2, 0.25) is 5.12 Å². The predicted octanol–water partition coefficient (Wildman–Crippen LogP) is 1.73. The van der Waals surface area contributed by atoms with Crippen LogP contribution < -0.4 is 5.11 Å². The van der Waals surface area contributed by atoms with E-state index in [1.807, 2.05) is 13.0 Å². The summed E-state index contributed by atoms with van der Waals surface area (Å²) in [7, 11) is 0. The molecule has 0 aliphatic carbocycles. The average molecular weight is 251 g/mol. The molecule has 0 aliphatic heterocycles. The van der Waals surface area contributed by atoms with Gasteiger partial charge in [0.1, 0.15) is 0 Å². The van der Waals surface area contributed by atoms with Gasteiger partial charge in [-0.05, 0) is 6.42 Å². The average Bonchev–Trinajstić information content (AvgIpc) is 2.34. The normalized spacial score (nSPS) is 12.1. The Balaban J connectivity index is 2.49. The monoisotopic (exact) mass is 251 g/mol. The highest BCUT2D eigenvalue weighted by Gasteiger charge is 2.13. The zero-order valence-corrected chi connectivity index (χ0v) is 10.5. The molecule has 0 spiro atoms. The summed E-state index contributed by atoms with van der Waals surface area (Å²) in [5, 5.41) is 10.7. The van der Waals surface area contributed by atoms with Crippen molar-refractivity contribution in [1.29, 1.82) is 0 Å². The second-order valence-corrected chi connectivity index (χ2v) is 4.76.